The number of nitrogens with one attached hydrogen (secondary N) is 1. The van der Waals surface area contributed by atoms with Crippen molar-refractivity contribution in [2.24, 2.45) is 5.92 Å². The molecule has 0 aliphatic carbocycles. The molecule has 1 amide bonds. The Morgan fingerprint density at radius 2 is 1.71 bits per heavy atom. The number of piperidine rings is 1. The molecule has 0 spiro atoms. The molecule has 1 fully saturated rings. The highest BCUT2D eigenvalue weighted by atomic mass is 32.2. The van der Waals surface area contributed by atoms with Crippen molar-refractivity contribution in [2.75, 3.05) is 18.4 Å². The third-order valence-electron chi connectivity index (χ3n) is 5.22. The van der Waals surface area contributed by atoms with Crippen molar-refractivity contribution < 1.29 is 22.7 Å². The van der Waals surface area contributed by atoms with E-state index < -0.39 is 10.0 Å². The lowest BCUT2D eigenvalue weighted by Gasteiger charge is -2.30. The first-order valence-corrected chi connectivity index (χ1v) is 11.6. The Kier molecular flexibility index (Phi) is 7.59. The molecule has 1 aliphatic rings. The summed E-state index contributed by atoms with van der Waals surface area (Å²) in [4.78, 5) is 23.6. The molecule has 0 atom stereocenters. The lowest BCUT2D eigenvalue weighted by Crippen LogP contribution is -2.38. The van der Waals surface area contributed by atoms with Gasteiger partial charge in [0.25, 0.3) is 0 Å². The van der Waals surface area contributed by atoms with Gasteiger partial charge in [0.05, 0.1) is 4.90 Å². The maximum atomic E-state index is 12.9. The Morgan fingerprint density at radius 3 is 2.32 bits per heavy atom. The molecule has 0 aromatic heterocycles. The topological polar surface area (TPSA) is 92.8 Å². The zero-order chi connectivity index (χ0) is 22.3. The summed E-state index contributed by atoms with van der Waals surface area (Å²) >= 11 is 0. The minimum atomic E-state index is -3.63. The predicted molar refractivity (Wildman–Crippen MR) is 118 cm³/mol. The Bertz CT molecular complexity index is 1010. The van der Waals surface area contributed by atoms with E-state index in [1.54, 1.807) is 12.1 Å². The number of esters is 1. The fourth-order valence-electron chi connectivity index (χ4n) is 3.44. The summed E-state index contributed by atoms with van der Waals surface area (Å²) in [5.41, 5.74) is 1.43. The molecule has 8 heteroatoms. The van der Waals surface area contributed by atoms with Gasteiger partial charge in [-0.1, -0.05) is 36.9 Å². The second-order valence-corrected chi connectivity index (χ2v) is 9.35. The molecule has 3 rings (SSSR count). The van der Waals surface area contributed by atoms with E-state index in [0.29, 0.717) is 38.0 Å². The normalized spacial score (nSPS) is 15.2. The van der Waals surface area contributed by atoms with Crippen LogP contribution in [0, 0.1) is 5.92 Å². The molecule has 1 N–H and O–H groups in total. The number of ether oxygens (including phenoxy) is 1. The van der Waals surface area contributed by atoms with E-state index in [1.807, 2.05) is 30.3 Å². The maximum Gasteiger partial charge on any atom is 0.306 e. The summed E-state index contributed by atoms with van der Waals surface area (Å²) in [7, 11) is -3.63. The van der Waals surface area contributed by atoms with Crippen molar-refractivity contribution in [2.45, 2.75) is 30.8 Å². The van der Waals surface area contributed by atoms with Crippen molar-refractivity contribution >= 4 is 27.6 Å². The van der Waals surface area contributed by atoms with Crippen molar-refractivity contribution in [3.05, 3.63) is 72.8 Å². The zero-order valence-corrected chi connectivity index (χ0v) is 18.0. The minimum absolute atomic E-state index is 0.103. The first-order valence-electron chi connectivity index (χ1n) is 10.1. The van der Waals surface area contributed by atoms with Crippen LogP contribution in [0.1, 0.15) is 24.8 Å². The number of sulfonamides is 1. The smallest absolute Gasteiger partial charge is 0.306 e. The Labute approximate surface area is 182 Å². The molecular weight excluding hydrogens is 416 g/mol. The van der Waals surface area contributed by atoms with Gasteiger partial charge in [-0.05, 0) is 54.7 Å². The van der Waals surface area contributed by atoms with E-state index in [2.05, 4.69) is 11.9 Å². The van der Waals surface area contributed by atoms with Crippen LogP contribution >= 0.6 is 0 Å². The second kappa shape index (κ2) is 10.4. The van der Waals surface area contributed by atoms with Gasteiger partial charge in [-0.15, -0.1) is 0 Å². The van der Waals surface area contributed by atoms with Gasteiger partial charge in [0.15, 0.2) is 0 Å². The van der Waals surface area contributed by atoms with Crippen LogP contribution in [0.2, 0.25) is 0 Å². The lowest BCUT2D eigenvalue weighted by molar-refractivity contribution is -0.146. The Hall–Kier alpha value is -2.97. The fraction of sp³-hybridized carbons (Fsp3) is 0.304. The van der Waals surface area contributed by atoms with Crippen LogP contribution in [0.5, 0.6) is 0 Å². The lowest BCUT2D eigenvalue weighted by atomic mass is 9.95. The molecule has 0 unspecified atom stereocenters. The van der Waals surface area contributed by atoms with Gasteiger partial charge in [0, 0.05) is 25.2 Å². The minimum Gasteiger partial charge on any atom is -0.461 e. The van der Waals surface area contributed by atoms with Crippen molar-refractivity contribution in [1.29, 1.82) is 0 Å². The number of anilines is 1. The first-order chi connectivity index (χ1) is 14.9. The van der Waals surface area contributed by atoms with Crippen LogP contribution in [-0.2, 0) is 31.0 Å². The molecule has 2 aromatic carbocycles. The highest BCUT2D eigenvalue weighted by molar-refractivity contribution is 7.89. The summed E-state index contributed by atoms with van der Waals surface area (Å²) in [5, 5.41) is 2.59. The summed E-state index contributed by atoms with van der Waals surface area (Å²) < 4.78 is 32.6. The number of hydrogen-bond acceptors (Lipinski definition) is 5. The number of benzene rings is 2. The summed E-state index contributed by atoms with van der Waals surface area (Å²) in [6, 6.07) is 15.5. The van der Waals surface area contributed by atoms with Crippen molar-refractivity contribution in [3.63, 3.8) is 0 Å². The van der Waals surface area contributed by atoms with Crippen LogP contribution in [0.4, 0.5) is 5.69 Å². The molecular formula is C23H26N2O5S. The quantitative estimate of drug-likeness (QED) is 0.500. The fourth-order valence-corrected chi connectivity index (χ4v) is 4.91. The van der Waals surface area contributed by atoms with Gasteiger partial charge < -0.3 is 10.1 Å². The average Bonchev–Trinajstić information content (AvgIpc) is 2.79. The number of carbonyl (C=O) groups excluding carboxylic acids is 2. The molecule has 31 heavy (non-hydrogen) atoms. The molecule has 1 aliphatic heterocycles. The summed E-state index contributed by atoms with van der Waals surface area (Å²) in [6.07, 6.45) is 2.64. The van der Waals surface area contributed by atoms with Crippen molar-refractivity contribution in [1.82, 2.24) is 4.31 Å². The average molecular weight is 443 g/mol. The number of nitrogens with zero attached hydrogens (tertiary/aromatic N) is 1. The van der Waals surface area contributed by atoms with Crippen molar-refractivity contribution in [3.8, 4) is 0 Å². The zero-order valence-electron chi connectivity index (χ0n) is 17.2. The Balaban J connectivity index is 1.49. The molecule has 1 saturated heterocycles. The van der Waals surface area contributed by atoms with E-state index >= 15 is 0 Å². The van der Waals surface area contributed by atoms with Crippen LogP contribution in [-0.4, -0.2) is 37.7 Å². The van der Waals surface area contributed by atoms with E-state index in [4.69, 9.17) is 4.74 Å². The van der Waals surface area contributed by atoms with Gasteiger partial charge >= 0.3 is 5.97 Å². The van der Waals surface area contributed by atoms with Gasteiger partial charge in [-0.2, -0.15) is 4.31 Å². The SMILES string of the molecule is C=CC(=O)Nc1ccc(S(=O)(=O)N2CCC(CC(=O)OCc3ccccc3)CC2)cc1. The van der Waals surface area contributed by atoms with Crippen LogP contribution in [0.15, 0.2) is 72.1 Å². The molecule has 0 radical (unpaired) electrons. The van der Waals surface area contributed by atoms with Crippen LogP contribution in [0.25, 0.3) is 0 Å². The van der Waals surface area contributed by atoms with E-state index in [-0.39, 0.29) is 29.3 Å². The second-order valence-electron chi connectivity index (χ2n) is 7.42. The summed E-state index contributed by atoms with van der Waals surface area (Å²) in [6.45, 7) is 4.34. The monoisotopic (exact) mass is 442 g/mol. The van der Waals surface area contributed by atoms with Gasteiger partial charge in [-0.25, -0.2) is 8.42 Å². The van der Waals surface area contributed by atoms with E-state index in [9.17, 15) is 18.0 Å². The van der Waals surface area contributed by atoms with Crippen LogP contribution in [0.3, 0.4) is 0 Å². The highest BCUT2D eigenvalue weighted by Crippen LogP contribution is 2.26. The standard InChI is InChI=1S/C23H26N2O5S/c1-2-22(26)24-20-8-10-21(11-9-20)31(28,29)25-14-12-18(13-15-25)16-23(27)30-17-19-6-4-3-5-7-19/h2-11,18H,1,12-17H2,(H,24,26). The predicted octanol–water partition coefficient (Wildman–Crippen LogP) is 3.35. The number of rotatable bonds is 8. The van der Waals surface area contributed by atoms with E-state index in [1.165, 1.54) is 16.4 Å². The number of amides is 1. The summed E-state index contributed by atoms with van der Waals surface area (Å²) in [5.74, 6) is -0.520. The van der Waals surface area contributed by atoms with Gasteiger partial charge in [0.2, 0.25) is 15.9 Å². The molecule has 1 heterocycles. The molecule has 0 bridgehead atoms. The third kappa shape index (κ3) is 6.26. The molecule has 7 nitrogen and oxygen atoms in total. The molecule has 2 aromatic rings. The largest absolute Gasteiger partial charge is 0.461 e. The molecule has 164 valence electrons. The highest BCUT2D eigenvalue weighted by Gasteiger charge is 2.30. The molecule has 0 saturated carbocycles. The Morgan fingerprint density at radius 1 is 1.06 bits per heavy atom. The maximum absolute atomic E-state index is 12.9. The van der Waals surface area contributed by atoms with Gasteiger partial charge in [-0.3, -0.25) is 9.59 Å². The van der Waals surface area contributed by atoms with Gasteiger partial charge in [0.1, 0.15) is 6.61 Å². The number of hydrogen-bond donors (Lipinski definition) is 1. The number of carbonyl (C=O) groups is 2. The van der Waals surface area contributed by atoms with Crippen LogP contribution < -0.4 is 5.32 Å². The van der Waals surface area contributed by atoms with E-state index in [0.717, 1.165) is 11.6 Å². The third-order valence-corrected chi connectivity index (χ3v) is 7.13. The first kappa shape index (κ1) is 22.7.